The summed E-state index contributed by atoms with van der Waals surface area (Å²) in [7, 11) is 2.88. The van der Waals surface area contributed by atoms with Gasteiger partial charge in [-0.3, -0.25) is 9.36 Å². The highest BCUT2D eigenvalue weighted by atomic mass is 79.9. The van der Waals surface area contributed by atoms with Gasteiger partial charge in [-0.1, -0.05) is 65.4 Å². The van der Waals surface area contributed by atoms with E-state index in [4.69, 9.17) is 25.8 Å². The number of nitrogens with zero attached hydrogens (tertiary/aromatic N) is 2. The van der Waals surface area contributed by atoms with E-state index in [1.165, 1.54) is 18.4 Å². The molecule has 10 heteroatoms. The smallest absolute Gasteiger partial charge is 0.338 e. The first-order chi connectivity index (χ1) is 19.3. The predicted molar refractivity (Wildman–Crippen MR) is 159 cm³/mol. The molecule has 0 radical (unpaired) electrons. The molecule has 40 heavy (non-hydrogen) atoms. The van der Waals surface area contributed by atoms with Crippen LogP contribution in [0.4, 0.5) is 0 Å². The number of methoxy groups -OCH3 is 2. The van der Waals surface area contributed by atoms with Crippen molar-refractivity contribution < 1.29 is 19.0 Å². The second-order valence-electron chi connectivity index (χ2n) is 8.93. The molecule has 7 nitrogen and oxygen atoms in total. The summed E-state index contributed by atoms with van der Waals surface area (Å²) in [5, 5.41) is 0.656. The lowest BCUT2D eigenvalue weighted by atomic mass is 9.96. The van der Waals surface area contributed by atoms with E-state index in [9.17, 15) is 9.59 Å². The first-order valence-electron chi connectivity index (χ1n) is 12.2. The number of benzene rings is 3. The summed E-state index contributed by atoms with van der Waals surface area (Å²) in [6, 6.07) is 19.8. The maximum Gasteiger partial charge on any atom is 0.338 e. The van der Waals surface area contributed by atoms with Crippen molar-refractivity contribution in [2.45, 2.75) is 19.6 Å². The van der Waals surface area contributed by atoms with Crippen molar-refractivity contribution in [2.24, 2.45) is 4.99 Å². The van der Waals surface area contributed by atoms with Crippen molar-refractivity contribution in [3.05, 3.63) is 124 Å². The highest BCUT2D eigenvalue weighted by Crippen LogP contribution is 2.37. The first-order valence-corrected chi connectivity index (χ1v) is 14.2. The second kappa shape index (κ2) is 11.8. The van der Waals surface area contributed by atoms with E-state index in [0.29, 0.717) is 48.2 Å². The predicted octanol–water partition coefficient (Wildman–Crippen LogP) is 5.41. The fourth-order valence-corrected chi connectivity index (χ4v) is 6.24. The van der Waals surface area contributed by atoms with E-state index < -0.39 is 12.0 Å². The van der Waals surface area contributed by atoms with Gasteiger partial charge in [-0.15, -0.1) is 0 Å². The van der Waals surface area contributed by atoms with Crippen LogP contribution in [0.25, 0.3) is 6.08 Å². The number of esters is 1. The van der Waals surface area contributed by atoms with Crippen LogP contribution in [0, 0.1) is 0 Å². The van der Waals surface area contributed by atoms with Gasteiger partial charge < -0.3 is 14.2 Å². The van der Waals surface area contributed by atoms with Crippen LogP contribution in [0.15, 0.2) is 92.3 Å². The fraction of sp³-hybridized carbons (Fsp3) is 0.167. The van der Waals surface area contributed by atoms with Crippen molar-refractivity contribution >= 4 is 50.9 Å². The monoisotopic (exact) mass is 638 g/mol. The van der Waals surface area contributed by atoms with Gasteiger partial charge in [0.25, 0.3) is 5.56 Å². The van der Waals surface area contributed by atoms with Gasteiger partial charge in [0.1, 0.15) is 6.61 Å². The minimum Gasteiger partial charge on any atom is -0.493 e. The Morgan fingerprint density at radius 3 is 2.52 bits per heavy atom. The van der Waals surface area contributed by atoms with Gasteiger partial charge >= 0.3 is 5.97 Å². The zero-order chi connectivity index (χ0) is 28.4. The third-order valence-electron chi connectivity index (χ3n) is 6.39. The van der Waals surface area contributed by atoms with Gasteiger partial charge in [0.2, 0.25) is 0 Å². The van der Waals surface area contributed by atoms with Gasteiger partial charge in [-0.2, -0.15) is 0 Å². The van der Waals surface area contributed by atoms with Crippen LogP contribution >= 0.6 is 38.9 Å². The number of ether oxygens (including phenoxy) is 3. The van der Waals surface area contributed by atoms with Gasteiger partial charge in [0.15, 0.2) is 16.3 Å². The van der Waals surface area contributed by atoms with E-state index in [1.807, 2.05) is 60.7 Å². The summed E-state index contributed by atoms with van der Waals surface area (Å²) in [4.78, 5) is 31.7. The Labute approximate surface area is 247 Å². The summed E-state index contributed by atoms with van der Waals surface area (Å²) >= 11 is 10.8. The van der Waals surface area contributed by atoms with Crippen molar-refractivity contribution in [1.29, 1.82) is 0 Å². The molecule has 0 aliphatic carbocycles. The summed E-state index contributed by atoms with van der Waals surface area (Å²) in [6.45, 7) is 2.08. The highest BCUT2D eigenvalue weighted by Gasteiger charge is 2.32. The number of hydrogen-bond acceptors (Lipinski definition) is 7. The Kier molecular flexibility index (Phi) is 8.25. The molecule has 5 rings (SSSR count). The molecule has 0 spiro atoms. The lowest BCUT2D eigenvalue weighted by Gasteiger charge is -2.24. The van der Waals surface area contributed by atoms with Crippen molar-refractivity contribution in [2.75, 3.05) is 14.2 Å². The Hall–Kier alpha value is -3.66. The molecule has 204 valence electrons. The average molecular weight is 640 g/mol. The van der Waals surface area contributed by atoms with Gasteiger partial charge in [0.05, 0.1) is 40.5 Å². The molecule has 1 aliphatic heterocycles. The van der Waals surface area contributed by atoms with Crippen LogP contribution in [-0.2, 0) is 16.1 Å². The molecular weight excluding hydrogens is 616 g/mol. The van der Waals surface area contributed by atoms with E-state index >= 15 is 0 Å². The lowest BCUT2D eigenvalue weighted by Crippen LogP contribution is -2.39. The maximum absolute atomic E-state index is 13.8. The maximum atomic E-state index is 13.8. The Bertz CT molecular complexity index is 1800. The molecule has 1 atom stereocenters. The topological polar surface area (TPSA) is 79.1 Å². The minimum absolute atomic E-state index is 0.260. The molecular formula is C30H24BrClN2O5S. The zero-order valence-corrected chi connectivity index (χ0v) is 25.0. The van der Waals surface area contributed by atoms with E-state index in [2.05, 4.69) is 20.9 Å². The van der Waals surface area contributed by atoms with Crippen LogP contribution in [0.3, 0.4) is 0 Å². The summed E-state index contributed by atoms with van der Waals surface area (Å²) in [6.07, 6.45) is 1.78. The SMILES string of the molecule is COC(=O)C1=C(C)N=c2sc(=Cc3cc(Br)c(OCc4ccc(Cl)cc4)c(OC)c3)c(=O)n2C1c1ccccc1. The van der Waals surface area contributed by atoms with E-state index in [1.54, 1.807) is 30.7 Å². The molecule has 0 saturated heterocycles. The second-order valence-corrected chi connectivity index (χ2v) is 11.2. The standard InChI is InChI=1S/C30H24BrClN2O5S/c1-17-25(29(36)38-3)26(20-7-5-4-6-8-20)34-28(35)24(40-30(34)33-17)15-19-13-22(31)27(23(14-19)37-2)39-16-18-9-11-21(32)12-10-18/h4-15,26H,16H2,1-3H3. The molecule has 0 saturated carbocycles. The molecule has 0 bridgehead atoms. The number of fused-ring (bicyclic) bond motifs is 1. The largest absolute Gasteiger partial charge is 0.493 e. The molecule has 0 N–H and O–H groups in total. The number of thiazole rings is 1. The van der Waals surface area contributed by atoms with E-state index in [0.717, 1.165) is 16.7 Å². The molecule has 4 aromatic rings. The molecule has 0 amide bonds. The summed E-state index contributed by atoms with van der Waals surface area (Å²) in [5.74, 6) is 0.527. The van der Waals surface area contributed by atoms with Crippen LogP contribution in [0.2, 0.25) is 5.02 Å². The fourth-order valence-electron chi connectivity index (χ4n) is 4.49. The third kappa shape index (κ3) is 5.50. The van der Waals surface area contributed by atoms with Crippen LogP contribution in [-0.4, -0.2) is 24.8 Å². The number of aromatic nitrogens is 1. The minimum atomic E-state index is -0.656. The normalized spacial score (nSPS) is 14.9. The molecule has 1 aliphatic rings. The molecule has 1 unspecified atom stereocenters. The quantitative estimate of drug-likeness (QED) is 0.253. The lowest BCUT2D eigenvalue weighted by molar-refractivity contribution is -0.136. The van der Waals surface area contributed by atoms with Crippen molar-refractivity contribution in [3.63, 3.8) is 0 Å². The van der Waals surface area contributed by atoms with Gasteiger partial charge in [0, 0.05) is 5.02 Å². The molecule has 3 aromatic carbocycles. The Balaban J connectivity index is 1.56. The summed E-state index contributed by atoms with van der Waals surface area (Å²) < 4.78 is 19.4. The number of hydrogen-bond donors (Lipinski definition) is 0. The van der Waals surface area contributed by atoms with Crippen LogP contribution in [0.1, 0.15) is 29.7 Å². The number of carbonyl (C=O) groups is 1. The van der Waals surface area contributed by atoms with Crippen molar-refractivity contribution in [1.82, 2.24) is 4.57 Å². The summed E-state index contributed by atoms with van der Waals surface area (Å²) in [5.41, 5.74) is 3.06. The zero-order valence-electron chi connectivity index (χ0n) is 21.8. The number of carbonyl (C=O) groups excluding carboxylic acids is 1. The molecule has 1 aromatic heterocycles. The Morgan fingerprint density at radius 2 is 1.85 bits per heavy atom. The Morgan fingerprint density at radius 1 is 1.12 bits per heavy atom. The van der Waals surface area contributed by atoms with Crippen LogP contribution in [0.5, 0.6) is 11.5 Å². The van der Waals surface area contributed by atoms with Crippen LogP contribution < -0.4 is 24.4 Å². The molecule has 0 fully saturated rings. The third-order valence-corrected chi connectivity index (χ3v) is 8.21. The highest BCUT2D eigenvalue weighted by molar-refractivity contribution is 9.10. The number of halogens is 2. The number of rotatable bonds is 7. The molecule has 2 heterocycles. The average Bonchev–Trinajstić information content (AvgIpc) is 3.26. The van der Waals surface area contributed by atoms with E-state index in [-0.39, 0.29) is 5.56 Å². The van der Waals surface area contributed by atoms with Gasteiger partial charge in [-0.05, 0) is 69.9 Å². The van der Waals surface area contributed by atoms with Gasteiger partial charge in [-0.25, -0.2) is 9.79 Å². The number of allylic oxidation sites excluding steroid dienone is 1. The first kappa shape index (κ1) is 27.9. The van der Waals surface area contributed by atoms with Crippen molar-refractivity contribution in [3.8, 4) is 11.5 Å².